The number of benzene rings is 1. The Morgan fingerprint density at radius 3 is 2.24 bits per heavy atom. The predicted octanol–water partition coefficient (Wildman–Crippen LogP) is 4.38. The number of aryl methyl sites for hydroxylation is 3. The molecule has 17 heavy (non-hydrogen) atoms. The van der Waals surface area contributed by atoms with E-state index >= 15 is 0 Å². The molecule has 2 aromatic rings. The van der Waals surface area contributed by atoms with Gasteiger partial charge in [0.25, 0.3) is 0 Å². The van der Waals surface area contributed by atoms with E-state index in [0.29, 0.717) is 0 Å². The van der Waals surface area contributed by atoms with Crippen molar-refractivity contribution in [3.8, 4) is 0 Å². The summed E-state index contributed by atoms with van der Waals surface area (Å²) in [4.78, 5) is 0. The number of rotatable bonds is 3. The lowest BCUT2D eigenvalue weighted by atomic mass is 10.1. The lowest BCUT2D eigenvalue weighted by molar-refractivity contribution is 0.500. The van der Waals surface area contributed by atoms with Crippen LogP contribution in [-0.2, 0) is 0 Å². The van der Waals surface area contributed by atoms with E-state index in [9.17, 15) is 0 Å². The summed E-state index contributed by atoms with van der Waals surface area (Å²) in [6.07, 6.45) is 0. The van der Waals surface area contributed by atoms with Crippen LogP contribution in [0.4, 0.5) is 5.69 Å². The highest BCUT2D eigenvalue weighted by Gasteiger charge is 2.12. The summed E-state index contributed by atoms with van der Waals surface area (Å²) < 4.78 is 5.55. The third-order valence-corrected chi connectivity index (χ3v) is 2.98. The Labute approximate surface area is 103 Å². The van der Waals surface area contributed by atoms with Crippen molar-refractivity contribution in [2.45, 2.75) is 33.7 Å². The maximum absolute atomic E-state index is 5.55. The first kappa shape index (κ1) is 11.8. The summed E-state index contributed by atoms with van der Waals surface area (Å²) in [6, 6.07) is 10.8. The Morgan fingerprint density at radius 2 is 1.71 bits per heavy atom. The van der Waals surface area contributed by atoms with Gasteiger partial charge in [0, 0.05) is 11.3 Å². The molecule has 0 aliphatic rings. The van der Waals surface area contributed by atoms with Crippen LogP contribution in [0.15, 0.2) is 34.7 Å². The average Bonchev–Trinajstić information content (AvgIpc) is 2.61. The van der Waals surface area contributed by atoms with Gasteiger partial charge in [-0.15, -0.1) is 0 Å². The van der Waals surface area contributed by atoms with Crippen molar-refractivity contribution in [2.75, 3.05) is 5.32 Å². The molecule has 1 aromatic carbocycles. The highest BCUT2D eigenvalue weighted by Crippen LogP contribution is 2.24. The first-order chi connectivity index (χ1) is 8.06. The molecule has 0 saturated heterocycles. The summed E-state index contributed by atoms with van der Waals surface area (Å²) in [7, 11) is 0. The van der Waals surface area contributed by atoms with Crippen LogP contribution in [-0.4, -0.2) is 0 Å². The molecule has 0 fully saturated rings. The largest absolute Gasteiger partial charge is 0.466 e. The maximum Gasteiger partial charge on any atom is 0.106 e. The number of nitrogens with one attached hydrogen (secondary N) is 1. The normalized spacial score (nSPS) is 12.5. The Morgan fingerprint density at radius 1 is 1.06 bits per heavy atom. The molecule has 1 aromatic heterocycles. The lowest BCUT2D eigenvalue weighted by Gasteiger charge is -2.14. The van der Waals surface area contributed by atoms with E-state index in [4.69, 9.17) is 4.42 Å². The van der Waals surface area contributed by atoms with Crippen LogP contribution in [0.5, 0.6) is 0 Å². The van der Waals surface area contributed by atoms with E-state index in [2.05, 4.69) is 49.5 Å². The fourth-order valence-corrected chi connectivity index (χ4v) is 2.06. The smallest absolute Gasteiger partial charge is 0.106 e. The van der Waals surface area contributed by atoms with Crippen LogP contribution in [0.25, 0.3) is 0 Å². The summed E-state index contributed by atoms with van der Waals surface area (Å²) >= 11 is 0. The summed E-state index contributed by atoms with van der Waals surface area (Å²) in [5.41, 5.74) is 3.64. The van der Waals surface area contributed by atoms with Crippen LogP contribution >= 0.6 is 0 Å². The van der Waals surface area contributed by atoms with Crippen LogP contribution in [0.1, 0.15) is 35.6 Å². The molecular formula is C15H19NO. The molecule has 0 aliphatic carbocycles. The molecule has 0 aliphatic heterocycles. The molecule has 0 bridgehead atoms. The van der Waals surface area contributed by atoms with Gasteiger partial charge in [0.2, 0.25) is 0 Å². The van der Waals surface area contributed by atoms with Crippen molar-refractivity contribution < 1.29 is 4.42 Å². The zero-order valence-corrected chi connectivity index (χ0v) is 10.9. The lowest BCUT2D eigenvalue weighted by Crippen LogP contribution is -2.06. The third kappa shape index (κ3) is 2.70. The number of anilines is 1. The monoisotopic (exact) mass is 229 g/mol. The number of furan rings is 1. The molecule has 0 radical (unpaired) electrons. The minimum absolute atomic E-state index is 0.259. The number of hydrogen-bond donors (Lipinski definition) is 1. The molecule has 0 spiro atoms. The van der Waals surface area contributed by atoms with E-state index in [1.165, 1.54) is 11.1 Å². The van der Waals surface area contributed by atoms with Gasteiger partial charge in [-0.25, -0.2) is 0 Å². The highest BCUT2D eigenvalue weighted by molar-refractivity contribution is 5.46. The van der Waals surface area contributed by atoms with Crippen molar-refractivity contribution in [1.29, 1.82) is 0 Å². The summed E-state index contributed by atoms with van der Waals surface area (Å²) in [5.74, 6) is 1.96. The van der Waals surface area contributed by atoms with E-state index < -0.39 is 0 Å². The highest BCUT2D eigenvalue weighted by atomic mass is 16.3. The standard InChI is InChI=1S/C15H19NO/c1-10-5-7-14(8-6-10)16-12(3)15-9-11(2)17-13(15)4/h5-9,12,16H,1-4H3. The molecule has 1 heterocycles. The van der Waals surface area contributed by atoms with Gasteiger partial charge in [-0.2, -0.15) is 0 Å². The molecular weight excluding hydrogens is 210 g/mol. The Balaban J connectivity index is 2.14. The van der Waals surface area contributed by atoms with Gasteiger partial charge in [-0.05, 0) is 45.9 Å². The summed E-state index contributed by atoms with van der Waals surface area (Å²) in [6.45, 7) is 8.23. The Bertz CT molecular complexity index is 496. The first-order valence-electron chi connectivity index (χ1n) is 5.96. The van der Waals surface area contributed by atoms with Gasteiger partial charge in [-0.3, -0.25) is 0 Å². The second-order valence-electron chi connectivity index (χ2n) is 4.60. The molecule has 2 heteroatoms. The fourth-order valence-electron chi connectivity index (χ4n) is 2.06. The molecule has 2 nitrogen and oxygen atoms in total. The zero-order chi connectivity index (χ0) is 12.4. The van der Waals surface area contributed by atoms with Crippen molar-refractivity contribution in [3.05, 3.63) is 53.0 Å². The predicted molar refractivity (Wildman–Crippen MR) is 71.4 cm³/mol. The topological polar surface area (TPSA) is 25.2 Å². The Kier molecular flexibility index (Phi) is 3.23. The third-order valence-electron chi connectivity index (χ3n) is 2.98. The van der Waals surface area contributed by atoms with Gasteiger partial charge in [0.05, 0.1) is 6.04 Å². The molecule has 2 rings (SSSR count). The minimum atomic E-state index is 0.259. The number of hydrogen-bond acceptors (Lipinski definition) is 2. The second-order valence-corrected chi connectivity index (χ2v) is 4.60. The SMILES string of the molecule is Cc1ccc(NC(C)c2cc(C)oc2C)cc1. The van der Waals surface area contributed by atoms with Gasteiger partial charge >= 0.3 is 0 Å². The van der Waals surface area contributed by atoms with Crippen LogP contribution in [0, 0.1) is 20.8 Å². The quantitative estimate of drug-likeness (QED) is 0.845. The van der Waals surface area contributed by atoms with Crippen LogP contribution in [0.2, 0.25) is 0 Å². The molecule has 0 amide bonds. The maximum atomic E-state index is 5.55. The molecule has 1 unspecified atom stereocenters. The first-order valence-corrected chi connectivity index (χ1v) is 5.96. The summed E-state index contributed by atoms with van der Waals surface area (Å²) in [5, 5.41) is 3.48. The van der Waals surface area contributed by atoms with Crippen LogP contribution in [0.3, 0.4) is 0 Å². The fraction of sp³-hybridized carbons (Fsp3) is 0.333. The van der Waals surface area contributed by atoms with Crippen molar-refractivity contribution in [3.63, 3.8) is 0 Å². The molecule has 90 valence electrons. The zero-order valence-electron chi connectivity index (χ0n) is 10.9. The van der Waals surface area contributed by atoms with E-state index in [-0.39, 0.29) is 6.04 Å². The second kappa shape index (κ2) is 4.66. The molecule has 0 saturated carbocycles. The van der Waals surface area contributed by atoms with E-state index in [1.54, 1.807) is 0 Å². The van der Waals surface area contributed by atoms with E-state index in [1.807, 2.05) is 13.8 Å². The van der Waals surface area contributed by atoms with Crippen molar-refractivity contribution >= 4 is 5.69 Å². The van der Waals surface area contributed by atoms with Gasteiger partial charge in [0.15, 0.2) is 0 Å². The Hall–Kier alpha value is -1.70. The average molecular weight is 229 g/mol. The van der Waals surface area contributed by atoms with Crippen molar-refractivity contribution in [2.24, 2.45) is 0 Å². The molecule has 1 N–H and O–H groups in total. The minimum Gasteiger partial charge on any atom is -0.466 e. The van der Waals surface area contributed by atoms with Crippen LogP contribution < -0.4 is 5.32 Å². The van der Waals surface area contributed by atoms with Crippen molar-refractivity contribution in [1.82, 2.24) is 0 Å². The van der Waals surface area contributed by atoms with E-state index in [0.717, 1.165) is 17.2 Å². The van der Waals surface area contributed by atoms with Gasteiger partial charge in [0.1, 0.15) is 11.5 Å². The van der Waals surface area contributed by atoms with Gasteiger partial charge in [-0.1, -0.05) is 17.7 Å². The molecule has 1 atom stereocenters. The van der Waals surface area contributed by atoms with Gasteiger partial charge < -0.3 is 9.73 Å².